The zero-order chi connectivity index (χ0) is 24.7. The van der Waals surface area contributed by atoms with Crippen molar-refractivity contribution < 1.29 is 18.3 Å². The third-order valence-corrected chi connectivity index (χ3v) is 5.89. The van der Waals surface area contributed by atoms with E-state index < -0.39 is 34.7 Å². The van der Waals surface area contributed by atoms with Gasteiger partial charge in [0.2, 0.25) is 0 Å². The molecule has 0 saturated carbocycles. The quantitative estimate of drug-likeness (QED) is 0.400. The number of rotatable bonds is 6. The predicted molar refractivity (Wildman–Crippen MR) is 118 cm³/mol. The first kappa shape index (κ1) is 22.5. The van der Waals surface area contributed by atoms with Gasteiger partial charge < -0.3 is 5.11 Å². The number of benzene rings is 2. The molecule has 2 aromatic carbocycles. The molecule has 0 amide bonds. The zero-order valence-electron chi connectivity index (χ0n) is 18.3. The summed E-state index contributed by atoms with van der Waals surface area (Å²) in [5.41, 5.74) is -2.39. The van der Waals surface area contributed by atoms with E-state index in [4.69, 9.17) is 0 Å². The first-order valence-corrected chi connectivity index (χ1v) is 10.5. The molecule has 0 aliphatic rings. The Kier molecular flexibility index (Phi) is 5.44. The van der Waals surface area contributed by atoms with E-state index in [9.17, 15) is 23.1 Å². The molecule has 0 aliphatic heterocycles. The van der Waals surface area contributed by atoms with Gasteiger partial charge in [0.25, 0.3) is 5.56 Å². The Labute approximate surface area is 195 Å². The Bertz CT molecular complexity index is 1560. The second kappa shape index (κ2) is 8.47. The van der Waals surface area contributed by atoms with Crippen LogP contribution in [0.15, 0.2) is 72.3 Å². The summed E-state index contributed by atoms with van der Waals surface area (Å²) in [6, 6.07) is 7.18. The second-order valence-corrected chi connectivity index (χ2v) is 8.07. The van der Waals surface area contributed by atoms with Crippen molar-refractivity contribution in [1.29, 1.82) is 0 Å². The average molecular weight is 481 g/mol. The second-order valence-electron chi connectivity index (χ2n) is 8.07. The number of fused-ring (bicyclic) bond motifs is 1. The predicted octanol–water partition coefficient (Wildman–Crippen LogP) is 2.74. The number of nitrogens with zero attached hydrogens (tertiary/aromatic N) is 7. The number of hydrogen-bond donors (Lipinski definition) is 1. The zero-order valence-corrected chi connectivity index (χ0v) is 18.3. The largest absolute Gasteiger partial charge is 0.381 e. The molecule has 0 aliphatic carbocycles. The SMILES string of the molecule is C[C@@H](n1ncc2cn(-c3ccc(F)cc3)nc2c1=O)[C@](O)(Cn1cncn1)c1ccc(F)cc1F. The van der Waals surface area contributed by atoms with Crippen LogP contribution in [0.5, 0.6) is 0 Å². The van der Waals surface area contributed by atoms with E-state index in [1.807, 2.05) is 0 Å². The molecule has 0 radical (unpaired) electrons. The summed E-state index contributed by atoms with van der Waals surface area (Å²) in [6.07, 6.45) is 5.51. The molecule has 5 aromatic rings. The molecule has 0 saturated heterocycles. The first-order valence-electron chi connectivity index (χ1n) is 10.5. The van der Waals surface area contributed by atoms with Gasteiger partial charge in [-0.15, -0.1) is 0 Å². The molecule has 178 valence electrons. The van der Waals surface area contributed by atoms with Gasteiger partial charge in [0.05, 0.1) is 24.5 Å². The van der Waals surface area contributed by atoms with Crippen molar-refractivity contribution in [2.45, 2.75) is 25.1 Å². The third kappa shape index (κ3) is 3.97. The van der Waals surface area contributed by atoms with Crippen molar-refractivity contribution in [3.63, 3.8) is 0 Å². The summed E-state index contributed by atoms with van der Waals surface area (Å²) < 4.78 is 45.4. The average Bonchev–Trinajstić information content (AvgIpc) is 3.49. The Balaban J connectivity index is 1.62. The molecule has 2 atom stereocenters. The molecule has 3 heterocycles. The summed E-state index contributed by atoms with van der Waals surface area (Å²) >= 11 is 0. The molecule has 35 heavy (non-hydrogen) atoms. The van der Waals surface area contributed by atoms with Crippen LogP contribution < -0.4 is 5.56 Å². The summed E-state index contributed by atoms with van der Waals surface area (Å²) in [6.45, 7) is 1.18. The highest BCUT2D eigenvalue weighted by Crippen LogP contribution is 2.36. The third-order valence-electron chi connectivity index (χ3n) is 5.89. The molecular formula is C23H18F3N7O2. The molecule has 3 aromatic heterocycles. The normalized spacial score (nSPS) is 14.2. The van der Waals surface area contributed by atoms with Crippen LogP contribution in [-0.2, 0) is 12.1 Å². The molecular weight excluding hydrogens is 463 g/mol. The highest BCUT2D eigenvalue weighted by molar-refractivity contribution is 5.76. The Morgan fingerprint density at radius 3 is 2.49 bits per heavy atom. The molecule has 0 unspecified atom stereocenters. The molecule has 9 nitrogen and oxygen atoms in total. The topological polar surface area (TPSA) is 104 Å². The maximum atomic E-state index is 14.8. The van der Waals surface area contributed by atoms with E-state index >= 15 is 0 Å². The van der Waals surface area contributed by atoms with Crippen LogP contribution >= 0.6 is 0 Å². The van der Waals surface area contributed by atoms with Crippen molar-refractivity contribution in [2.75, 3.05) is 0 Å². The van der Waals surface area contributed by atoms with Crippen LogP contribution in [0.3, 0.4) is 0 Å². The van der Waals surface area contributed by atoms with Crippen molar-refractivity contribution in [3.05, 3.63) is 101 Å². The smallest absolute Gasteiger partial charge is 0.295 e. The van der Waals surface area contributed by atoms with Gasteiger partial charge in [-0.3, -0.25) is 4.79 Å². The lowest BCUT2D eigenvalue weighted by atomic mass is 9.86. The number of aliphatic hydroxyl groups is 1. The molecule has 12 heteroatoms. The van der Waals surface area contributed by atoms with Gasteiger partial charge in [-0.05, 0) is 37.3 Å². The highest BCUT2D eigenvalue weighted by Gasteiger charge is 2.41. The van der Waals surface area contributed by atoms with Crippen LogP contribution in [0.1, 0.15) is 18.5 Å². The Hall–Kier alpha value is -4.32. The maximum Gasteiger partial charge on any atom is 0.295 e. The fraction of sp³-hybridized carbons (Fsp3) is 0.174. The Morgan fingerprint density at radius 2 is 1.80 bits per heavy atom. The summed E-state index contributed by atoms with van der Waals surface area (Å²) in [4.78, 5) is 17.2. The van der Waals surface area contributed by atoms with Gasteiger partial charge in [-0.1, -0.05) is 6.07 Å². The van der Waals surface area contributed by atoms with E-state index in [0.29, 0.717) is 17.1 Å². The fourth-order valence-electron chi connectivity index (χ4n) is 3.98. The van der Waals surface area contributed by atoms with Gasteiger partial charge in [-0.25, -0.2) is 32.2 Å². The van der Waals surface area contributed by atoms with Crippen molar-refractivity contribution in [3.8, 4) is 5.69 Å². The standard InChI is InChI=1S/C23H18F3N7O2/c1-14(23(35,11-31-13-27-12-29-31)19-7-4-17(25)8-20(19)26)33-22(34)21-15(9-28-33)10-32(30-21)18-5-2-16(24)3-6-18/h2-10,12-14,35H,11H2,1H3/t14-,23-/m1/s1. The van der Waals surface area contributed by atoms with Crippen LogP contribution in [0.4, 0.5) is 13.2 Å². The number of halogens is 3. The maximum absolute atomic E-state index is 14.8. The van der Waals surface area contributed by atoms with Gasteiger partial charge in [0.15, 0.2) is 5.52 Å². The monoisotopic (exact) mass is 481 g/mol. The van der Waals surface area contributed by atoms with Gasteiger partial charge in [0.1, 0.15) is 35.7 Å². The Morgan fingerprint density at radius 1 is 1.06 bits per heavy atom. The van der Waals surface area contributed by atoms with E-state index in [1.54, 1.807) is 6.20 Å². The van der Waals surface area contributed by atoms with Crippen LogP contribution in [-0.4, -0.2) is 39.4 Å². The molecule has 5 rings (SSSR count). The van der Waals surface area contributed by atoms with E-state index in [-0.39, 0.29) is 17.6 Å². The van der Waals surface area contributed by atoms with E-state index in [2.05, 4.69) is 20.3 Å². The van der Waals surface area contributed by atoms with Crippen molar-refractivity contribution in [1.82, 2.24) is 34.3 Å². The highest BCUT2D eigenvalue weighted by atomic mass is 19.1. The first-order chi connectivity index (χ1) is 16.8. The summed E-state index contributed by atoms with van der Waals surface area (Å²) in [5.74, 6) is -2.22. The minimum absolute atomic E-state index is 0.0406. The van der Waals surface area contributed by atoms with Crippen molar-refractivity contribution >= 4 is 10.9 Å². The lowest BCUT2D eigenvalue weighted by Gasteiger charge is -2.34. The fourth-order valence-corrected chi connectivity index (χ4v) is 3.98. The number of hydrogen-bond acceptors (Lipinski definition) is 6. The van der Waals surface area contributed by atoms with Crippen LogP contribution in [0.25, 0.3) is 16.6 Å². The molecule has 0 fully saturated rings. The minimum atomic E-state index is -2.07. The van der Waals surface area contributed by atoms with Crippen molar-refractivity contribution in [2.24, 2.45) is 0 Å². The van der Waals surface area contributed by atoms with Crippen LogP contribution in [0.2, 0.25) is 0 Å². The summed E-state index contributed by atoms with van der Waals surface area (Å²) in [7, 11) is 0. The van der Waals surface area contributed by atoms with E-state index in [0.717, 1.165) is 16.8 Å². The van der Waals surface area contributed by atoms with Gasteiger partial charge >= 0.3 is 0 Å². The van der Waals surface area contributed by atoms with E-state index in [1.165, 1.54) is 59.4 Å². The molecule has 0 bridgehead atoms. The molecule has 0 spiro atoms. The number of aromatic nitrogens is 7. The summed E-state index contributed by atoms with van der Waals surface area (Å²) in [5, 5.41) is 24.6. The van der Waals surface area contributed by atoms with Gasteiger partial charge in [0, 0.05) is 23.2 Å². The lowest BCUT2D eigenvalue weighted by molar-refractivity contribution is -0.0382. The lowest BCUT2D eigenvalue weighted by Crippen LogP contribution is -2.44. The molecule has 1 N–H and O–H groups in total. The van der Waals surface area contributed by atoms with Crippen LogP contribution in [0, 0.1) is 17.5 Å². The minimum Gasteiger partial charge on any atom is -0.381 e. The van der Waals surface area contributed by atoms with Gasteiger partial charge in [-0.2, -0.15) is 15.3 Å².